The molecule has 45 heavy (non-hydrogen) atoms. The van der Waals surface area contributed by atoms with E-state index in [1.165, 1.54) is 0 Å². The van der Waals surface area contributed by atoms with Crippen molar-refractivity contribution in [3.8, 4) is 11.5 Å². The van der Waals surface area contributed by atoms with Crippen LogP contribution in [-0.2, 0) is 14.4 Å². The van der Waals surface area contributed by atoms with Gasteiger partial charge >= 0.3 is 0 Å². The summed E-state index contributed by atoms with van der Waals surface area (Å²) in [7, 11) is 1.59. The van der Waals surface area contributed by atoms with Crippen LogP contribution in [0.1, 0.15) is 27.2 Å². The maximum Gasteiger partial charge on any atom is 0.251 e. The third-order valence-corrected chi connectivity index (χ3v) is 11.5. The number of amides is 3. The van der Waals surface area contributed by atoms with Crippen molar-refractivity contribution in [3.63, 3.8) is 0 Å². The molecule has 1 spiro atoms. The number of benzene rings is 2. The number of carbonyl (C=O) groups is 3. The van der Waals surface area contributed by atoms with E-state index in [4.69, 9.17) is 9.47 Å². The first kappa shape index (κ1) is 31.2. The number of thioether (sulfide) groups is 1. The van der Waals surface area contributed by atoms with Gasteiger partial charge in [-0.25, -0.2) is 0 Å². The van der Waals surface area contributed by atoms with Gasteiger partial charge in [0.15, 0.2) is 0 Å². The Morgan fingerprint density at radius 3 is 2.13 bits per heavy atom. The maximum absolute atomic E-state index is 14.8. The van der Waals surface area contributed by atoms with Crippen LogP contribution in [0.5, 0.6) is 11.5 Å². The van der Waals surface area contributed by atoms with Crippen molar-refractivity contribution in [2.75, 3.05) is 43.2 Å². The quantitative estimate of drug-likeness (QED) is 0.412. The zero-order valence-electron chi connectivity index (χ0n) is 26.2. The molecule has 4 heterocycles. The average Bonchev–Trinajstić information content (AvgIpc) is 3.37. The van der Waals surface area contributed by atoms with E-state index < -0.39 is 28.7 Å². The zero-order chi connectivity index (χ0) is 31.9. The molecule has 0 radical (unpaired) electrons. The fourth-order valence-electron chi connectivity index (χ4n) is 7.36. The number of aliphatic hydroxyl groups is 1. The number of nitrogens with zero attached hydrogens (tertiary/aromatic N) is 3. The number of carbonyl (C=O) groups excluding carboxylic acids is 3. The molecular weight excluding hydrogens is 590 g/mol. The fourth-order valence-corrected chi connectivity index (χ4v) is 9.36. The van der Waals surface area contributed by atoms with Crippen molar-refractivity contribution >= 4 is 40.9 Å². The van der Waals surface area contributed by atoms with E-state index in [0.29, 0.717) is 31.1 Å². The first-order valence-corrected chi connectivity index (χ1v) is 16.6. The molecule has 2 fully saturated rings. The number of ether oxygens (including phenoxy) is 2. The molecule has 238 valence electrons. The highest BCUT2D eigenvalue weighted by molar-refractivity contribution is 8.02. The van der Waals surface area contributed by atoms with E-state index in [2.05, 4.69) is 0 Å². The summed E-state index contributed by atoms with van der Waals surface area (Å²) in [4.78, 5) is 49.2. The smallest absolute Gasteiger partial charge is 0.251 e. The molecule has 0 aliphatic carbocycles. The Balaban J connectivity index is 1.43. The van der Waals surface area contributed by atoms with E-state index in [9.17, 15) is 19.5 Å². The predicted octanol–water partition coefficient (Wildman–Crippen LogP) is 4.30. The van der Waals surface area contributed by atoms with Gasteiger partial charge in [0, 0.05) is 29.7 Å². The Hall–Kier alpha value is -3.76. The topological polar surface area (TPSA) is 99.6 Å². The summed E-state index contributed by atoms with van der Waals surface area (Å²) >= 11 is 1.54. The molecule has 6 rings (SSSR count). The van der Waals surface area contributed by atoms with E-state index in [1.54, 1.807) is 33.6 Å². The summed E-state index contributed by atoms with van der Waals surface area (Å²) < 4.78 is 9.96. The lowest BCUT2D eigenvalue weighted by atomic mass is 9.78. The van der Waals surface area contributed by atoms with Gasteiger partial charge in [0.1, 0.15) is 17.5 Å². The Labute approximate surface area is 268 Å². The summed E-state index contributed by atoms with van der Waals surface area (Å²) in [6.45, 7) is 6.91. The van der Waals surface area contributed by atoms with Crippen LogP contribution in [0.25, 0.3) is 0 Å². The second-order valence-corrected chi connectivity index (χ2v) is 13.6. The Morgan fingerprint density at radius 1 is 0.911 bits per heavy atom. The molecular formula is C35H41N3O6S. The van der Waals surface area contributed by atoms with Gasteiger partial charge in [-0.15, -0.1) is 11.8 Å². The Kier molecular flexibility index (Phi) is 8.72. The Morgan fingerprint density at radius 2 is 1.53 bits per heavy atom. The molecule has 4 aliphatic rings. The molecule has 0 saturated carbocycles. The summed E-state index contributed by atoms with van der Waals surface area (Å²) in [5.41, 5.74) is 1.42. The summed E-state index contributed by atoms with van der Waals surface area (Å²) in [6, 6.07) is 13.3. The van der Waals surface area contributed by atoms with Gasteiger partial charge in [-0.1, -0.05) is 44.6 Å². The van der Waals surface area contributed by atoms with Gasteiger partial charge < -0.3 is 29.3 Å². The van der Waals surface area contributed by atoms with Crippen LogP contribution in [0.2, 0.25) is 0 Å². The van der Waals surface area contributed by atoms with E-state index in [1.807, 2.05) is 93.6 Å². The number of methoxy groups -OCH3 is 1. The third kappa shape index (κ3) is 5.12. The third-order valence-electron chi connectivity index (χ3n) is 9.79. The standard InChI is InChI=1S/C35H41N3O6S/c1-5-22(3)27(21-39)38-31-34(42)37(24-10-14-25(43-4)15-11-24)20-8-18-35(31)30(33(38)41)29-28(45-35)9-7-19-36(32(29)40)23-12-16-26(17-13-23)44-6-2/h7-18,22,27-31,39H,5-6,19-21H2,1-4H3/t22-,27-,28+,29-,30-,31?,35-/m0/s1. The van der Waals surface area contributed by atoms with E-state index >= 15 is 0 Å². The molecule has 2 saturated heterocycles. The molecule has 1 N–H and O–H groups in total. The summed E-state index contributed by atoms with van der Waals surface area (Å²) in [5, 5.41) is 10.4. The number of rotatable bonds is 9. The SMILES string of the molecule is CCOc1ccc(N2CC=C[C@H]3S[C@]45C=CCN(c6ccc(OC)cc6)C(=O)C4N([C@@H](CO)[C@@H](C)CC)C(=O)[C@@H]5[C@H]3C2=O)cc1. The second kappa shape index (κ2) is 12.6. The number of anilines is 2. The normalized spacial score (nSPS) is 28.7. The van der Waals surface area contributed by atoms with Crippen molar-refractivity contribution < 1.29 is 29.0 Å². The molecule has 3 amide bonds. The van der Waals surface area contributed by atoms with E-state index in [0.717, 1.165) is 17.9 Å². The molecule has 0 aromatic heterocycles. The molecule has 2 aromatic carbocycles. The Bertz CT molecular complexity index is 1490. The monoisotopic (exact) mass is 631 g/mol. The minimum absolute atomic E-state index is 0.0600. The first-order chi connectivity index (χ1) is 21.8. The van der Waals surface area contributed by atoms with Gasteiger partial charge in [-0.05, 0) is 61.4 Å². The molecule has 7 atom stereocenters. The predicted molar refractivity (Wildman–Crippen MR) is 176 cm³/mol. The zero-order valence-corrected chi connectivity index (χ0v) is 27.0. The number of aliphatic hydroxyl groups excluding tert-OH is 1. The number of hydrogen-bond acceptors (Lipinski definition) is 7. The van der Waals surface area contributed by atoms with Crippen LogP contribution in [0, 0.1) is 17.8 Å². The molecule has 4 aliphatic heterocycles. The van der Waals surface area contributed by atoms with Gasteiger partial charge in [0.2, 0.25) is 11.8 Å². The lowest BCUT2D eigenvalue weighted by molar-refractivity contribution is -0.142. The average molecular weight is 632 g/mol. The highest BCUT2D eigenvalue weighted by Gasteiger charge is 2.72. The van der Waals surface area contributed by atoms with Crippen LogP contribution in [-0.4, -0.2) is 83.2 Å². The van der Waals surface area contributed by atoms with Crippen molar-refractivity contribution in [3.05, 3.63) is 72.8 Å². The van der Waals surface area contributed by atoms with Crippen LogP contribution < -0.4 is 19.3 Å². The lowest BCUT2D eigenvalue weighted by Gasteiger charge is -2.40. The van der Waals surface area contributed by atoms with Crippen molar-refractivity contribution in [2.45, 2.75) is 49.3 Å². The number of hydrogen-bond donors (Lipinski definition) is 1. The summed E-state index contributed by atoms with van der Waals surface area (Å²) in [6.07, 6.45) is 8.71. The minimum atomic E-state index is -0.979. The molecule has 10 heteroatoms. The molecule has 0 bridgehead atoms. The van der Waals surface area contributed by atoms with Gasteiger partial charge in [-0.3, -0.25) is 14.4 Å². The van der Waals surface area contributed by atoms with Gasteiger partial charge in [0.25, 0.3) is 5.91 Å². The van der Waals surface area contributed by atoms with Crippen molar-refractivity contribution in [1.82, 2.24) is 4.90 Å². The van der Waals surface area contributed by atoms with Crippen LogP contribution >= 0.6 is 11.8 Å². The molecule has 2 aromatic rings. The first-order valence-electron chi connectivity index (χ1n) is 15.7. The van der Waals surface area contributed by atoms with Crippen LogP contribution in [0.3, 0.4) is 0 Å². The van der Waals surface area contributed by atoms with Gasteiger partial charge in [0.05, 0.1) is 42.9 Å². The van der Waals surface area contributed by atoms with Gasteiger partial charge in [-0.2, -0.15) is 0 Å². The fraction of sp³-hybridized carbons (Fsp3) is 0.457. The number of fused-ring (bicyclic) bond motifs is 2. The second-order valence-electron chi connectivity index (χ2n) is 12.1. The van der Waals surface area contributed by atoms with E-state index in [-0.39, 0.29) is 35.5 Å². The lowest BCUT2D eigenvalue weighted by Crippen LogP contribution is -2.58. The number of likely N-dealkylation sites (tertiary alicyclic amines) is 1. The van der Waals surface area contributed by atoms with Crippen molar-refractivity contribution in [2.24, 2.45) is 17.8 Å². The minimum Gasteiger partial charge on any atom is -0.497 e. The highest BCUT2D eigenvalue weighted by Crippen LogP contribution is 2.61. The van der Waals surface area contributed by atoms with Crippen LogP contribution in [0.4, 0.5) is 11.4 Å². The highest BCUT2D eigenvalue weighted by atomic mass is 32.2. The summed E-state index contributed by atoms with van der Waals surface area (Å²) in [5.74, 6) is -0.713. The van der Waals surface area contributed by atoms with Crippen LogP contribution in [0.15, 0.2) is 72.8 Å². The molecule has 1 unspecified atom stereocenters. The van der Waals surface area contributed by atoms with Crippen molar-refractivity contribution in [1.29, 1.82) is 0 Å². The largest absolute Gasteiger partial charge is 0.497 e. The molecule has 9 nitrogen and oxygen atoms in total. The maximum atomic E-state index is 14.8.